The van der Waals surface area contributed by atoms with Gasteiger partial charge in [-0.15, -0.1) is 16.4 Å². The molecule has 0 saturated heterocycles. The second-order valence-electron chi connectivity index (χ2n) is 2.90. The van der Waals surface area contributed by atoms with Crippen molar-refractivity contribution in [2.24, 2.45) is 12.9 Å². The van der Waals surface area contributed by atoms with Crippen LogP contribution in [0.2, 0.25) is 0 Å². The maximum Gasteiger partial charge on any atom is 0.0986 e. The molecule has 0 aliphatic carbocycles. The van der Waals surface area contributed by atoms with Gasteiger partial charge in [-0.2, -0.15) is 0 Å². The fraction of sp³-hybridized carbons (Fsp3) is 0.250. The molecule has 1 unspecified atom stereocenters. The highest BCUT2D eigenvalue weighted by molar-refractivity contribution is 7.10. The van der Waals surface area contributed by atoms with Gasteiger partial charge in [0, 0.05) is 11.9 Å². The first-order chi connectivity index (χ1) is 6.83. The van der Waals surface area contributed by atoms with E-state index in [1.165, 1.54) is 0 Å². The number of thiophene rings is 1. The maximum atomic E-state index is 5.51. The van der Waals surface area contributed by atoms with Crippen LogP contribution in [-0.4, -0.2) is 15.0 Å². The summed E-state index contributed by atoms with van der Waals surface area (Å²) >= 11 is 1.65. The predicted molar refractivity (Wildman–Crippen MR) is 54.5 cm³/mol. The Bertz CT molecular complexity index is 394. The van der Waals surface area contributed by atoms with Crippen LogP contribution in [0.1, 0.15) is 16.6 Å². The molecular formula is C8H11N5S. The summed E-state index contributed by atoms with van der Waals surface area (Å²) in [7, 11) is 1.85. The predicted octanol–water partition coefficient (Wildman–Crippen LogP) is 0.429. The largest absolute Gasteiger partial charge is 0.270 e. The third-order valence-electron chi connectivity index (χ3n) is 2.04. The molecule has 0 fully saturated rings. The molecular weight excluding hydrogens is 198 g/mol. The molecule has 2 heterocycles. The van der Waals surface area contributed by atoms with Gasteiger partial charge in [0.1, 0.15) is 0 Å². The van der Waals surface area contributed by atoms with Crippen LogP contribution in [0, 0.1) is 0 Å². The zero-order valence-electron chi connectivity index (χ0n) is 7.71. The summed E-state index contributed by atoms with van der Waals surface area (Å²) in [6.45, 7) is 0. The molecule has 1 atom stereocenters. The monoisotopic (exact) mass is 209 g/mol. The molecule has 2 rings (SSSR count). The lowest BCUT2D eigenvalue weighted by atomic mass is 10.2. The number of nitrogens with two attached hydrogens (primary N) is 1. The summed E-state index contributed by atoms with van der Waals surface area (Å²) in [5.41, 5.74) is 3.71. The molecule has 0 amide bonds. The van der Waals surface area contributed by atoms with E-state index in [4.69, 9.17) is 5.84 Å². The van der Waals surface area contributed by atoms with Crippen molar-refractivity contribution < 1.29 is 0 Å². The zero-order valence-corrected chi connectivity index (χ0v) is 8.53. The summed E-state index contributed by atoms with van der Waals surface area (Å²) < 4.78 is 1.71. The second kappa shape index (κ2) is 3.87. The van der Waals surface area contributed by atoms with Crippen LogP contribution < -0.4 is 11.3 Å². The summed E-state index contributed by atoms with van der Waals surface area (Å²) in [5, 5.41) is 9.71. The number of hydrogen-bond acceptors (Lipinski definition) is 5. The Hall–Kier alpha value is -1.24. The average Bonchev–Trinajstić information content (AvgIpc) is 2.80. The molecule has 5 nitrogen and oxygen atoms in total. The van der Waals surface area contributed by atoms with Crippen LogP contribution in [0.15, 0.2) is 23.7 Å². The van der Waals surface area contributed by atoms with Gasteiger partial charge in [-0.05, 0) is 11.4 Å². The van der Waals surface area contributed by atoms with Gasteiger partial charge in [-0.1, -0.05) is 11.3 Å². The van der Waals surface area contributed by atoms with Gasteiger partial charge in [0.2, 0.25) is 0 Å². The van der Waals surface area contributed by atoms with Gasteiger partial charge in [-0.3, -0.25) is 10.5 Å². The minimum Gasteiger partial charge on any atom is -0.270 e. The van der Waals surface area contributed by atoms with E-state index in [0.29, 0.717) is 0 Å². The van der Waals surface area contributed by atoms with E-state index in [2.05, 4.69) is 15.7 Å². The van der Waals surface area contributed by atoms with E-state index in [0.717, 1.165) is 10.6 Å². The second-order valence-corrected chi connectivity index (χ2v) is 3.88. The van der Waals surface area contributed by atoms with Gasteiger partial charge in [0.25, 0.3) is 0 Å². The molecule has 0 saturated carbocycles. The first-order valence-electron chi connectivity index (χ1n) is 4.17. The van der Waals surface area contributed by atoms with E-state index in [1.807, 2.05) is 24.6 Å². The summed E-state index contributed by atoms with van der Waals surface area (Å²) in [5.74, 6) is 5.51. The summed E-state index contributed by atoms with van der Waals surface area (Å²) in [6.07, 6.45) is 1.71. The first-order valence-corrected chi connectivity index (χ1v) is 5.05. The van der Waals surface area contributed by atoms with Crippen molar-refractivity contribution in [1.82, 2.24) is 20.4 Å². The van der Waals surface area contributed by atoms with Crippen molar-refractivity contribution in [3.8, 4) is 0 Å². The average molecular weight is 209 g/mol. The molecule has 0 bridgehead atoms. The van der Waals surface area contributed by atoms with E-state index in [1.54, 1.807) is 22.2 Å². The third kappa shape index (κ3) is 1.54. The molecule has 6 heteroatoms. The van der Waals surface area contributed by atoms with Crippen molar-refractivity contribution in [3.05, 3.63) is 34.3 Å². The van der Waals surface area contributed by atoms with Crippen LogP contribution in [0.4, 0.5) is 0 Å². The van der Waals surface area contributed by atoms with Crippen molar-refractivity contribution in [2.75, 3.05) is 0 Å². The number of hydrogen-bond donors (Lipinski definition) is 2. The Morgan fingerprint density at radius 1 is 1.64 bits per heavy atom. The van der Waals surface area contributed by atoms with Crippen LogP contribution in [0.3, 0.4) is 0 Å². The summed E-state index contributed by atoms with van der Waals surface area (Å²) in [6, 6.07) is 3.99. The lowest BCUT2D eigenvalue weighted by Gasteiger charge is -2.13. The van der Waals surface area contributed by atoms with Gasteiger partial charge in [0.15, 0.2) is 0 Å². The van der Waals surface area contributed by atoms with E-state index >= 15 is 0 Å². The number of aryl methyl sites for hydroxylation is 1. The van der Waals surface area contributed by atoms with E-state index < -0.39 is 0 Å². The SMILES string of the molecule is Cn1nncc1C(NN)c1cccs1. The Balaban J connectivity index is 2.36. The highest BCUT2D eigenvalue weighted by Gasteiger charge is 2.16. The van der Waals surface area contributed by atoms with Crippen molar-refractivity contribution >= 4 is 11.3 Å². The molecule has 14 heavy (non-hydrogen) atoms. The Kier molecular flexibility index (Phi) is 2.58. The number of rotatable bonds is 3. The molecule has 74 valence electrons. The molecule has 0 aliphatic heterocycles. The van der Waals surface area contributed by atoms with Gasteiger partial charge in [0.05, 0.1) is 17.9 Å². The van der Waals surface area contributed by atoms with E-state index in [-0.39, 0.29) is 6.04 Å². The molecule has 0 aliphatic rings. The smallest absolute Gasteiger partial charge is 0.0986 e. The Labute approximate surface area is 85.5 Å². The highest BCUT2D eigenvalue weighted by Crippen LogP contribution is 2.23. The molecule has 0 aromatic carbocycles. The quantitative estimate of drug-likeness (QED) is 0.568. The lowest BCUT2D eigenvalue weighted by molar-refractivity contribution is 0.576. The van der Waals surface area contributed by atoms with Crippen LogP contribution >= 0.6 is 11.3 Å². The normalized spacial score (nSPS) is 13.0. The highest BCUT2D eigenvalue weighted by atomic mass is 32.1. The number of nitrogens with one attached hydrogen (secondary N) is 1. The molecule has 0 spiro atoms. The van der Waals surface area contributed by atoms with Crippen LogP contribution in [0.25, 0.3) is 0 Å². The van der Waals surface area contributed by atoms with Crippen molar-refractivity contribution in [3.63, 3.8) is 0 Å². The van der Waals surface area contributed by atoms with Crippen molar-refractivity contribution in [2.45, 2.75) is 6.04 Å². The Morgan fingerprint density at radius 3 is 3.00 bits per heavy atom. The third-order valence-corrected chi connectivity index (χ3v) is 2.98. The number of nitrogens with zero attached hydrogens (tertiary/aromatic N) is 3. The maximum absolute atomic E-state index is 5.51. The Morgan fingerprint density at radius 2 is 2.50 bits per heavy atom. The summed E-state index contributed by atoms with van der Waals surface area (Å²) in [4.78, 5) is 1.15. The number of hydrazine groups is 1. The van der Waals surface area contributed by atoms with Crippen molar-refractivity contribution in [1.29, 1.82) is 0 Å². The first kappa shape index (κ1) is 9.32. The van der Waals surface area contributed by atoms with Gasteiger partial charge >= 0.3 is 0 Å². The molecule has 2 aromatic rings. The molecule has 0 radical (unpaired) electrons. The van der Waals surface area contributed by atoms with Crippen LogP contribution in [-0.2, 0) is 7.05 Å². The van der Waals surface area contributed by atoms with Gasteiger partial charge < -0.3 is 0 Å². The van der Waals surface area contributed by atoms with Gasteiger partial charge in [-0.25, -0.2) is 5.43 Å². The standard InChI is InChI=1S/C8H11N5S/c1-13-6(5-10-12-13)8(11-9)7-3-2-4-14-7/h2-5,8,11H,9H2,1H3. The fourth-order valence-electron chi connectivity index (χ4n) is 1.33. The molecule has 3 N–H and O–H groups in total. The van der Waals surface area contributed by atoms with E-state index in [9.17, 15) is 0 Å². The fourth-order valence-corrected chi connectivity index (χ4v) is 2.12. The lowest BCUT2D eigenvalue weighted by Crippen LogP contribution is -2.29. The molecule has 2 aromatic heterocycles. The number of aromatic nitrogens is 3. The zero-order chi connectivity index (χ0) is 9.97. The van der Waals surface area contributed by atoms with Crippen LogP contribution in [0.5, 0.6) is 0 Å². The minimum atomic E-state index is -0.0324. The minimum absolute atomic E-state index is 0.0324. The topological polar surface area (TPSA) is 68.8 Å².